The molecule has 1 aromatic heterocycles. The van der Waals surface area contributed by atoms with Gasteiger partial charge in [0, 0.05) is 25.0 Å². The average molecular weight is 221 g/mol. The zero-order valence-electron chi connectivity index (χ0n) is 10.7. The first kappa shape index (κ1) is 11.5. The van der Waals surface area contributed by atoms with E-state index in [9.17, 15) is 0 Å². The summed E-state index contributed by atoms with van der Waals surface area (Å²) in [6.07, 6.45) is 9.21. The molecule has 3 nitrogen and oxygen atoms in total. The molecule has 1 aromatic rings. The molecule has 1 aliphatic rings. The normalized spacial score (nSPS) is 24.3. The second-order valence-corrected chi connectivity index (χ2v) is 5.47. The van der Waals surface area contributed by atoms with Gasteiger partial charge in [-0.15, -0.1) is 0 Å². The predicted octanol–water partition coefficient (Wildman–Crippen LogP) is 3.28. The average Bonchev–Trinajstić information content (AvgIpc) is 2.68. The Morgan fingerprint density at radius 3 is 3.00 bits per heavy atom. The SMILES string of the molecule is CCn1ccnc1NC1CCCCC1(C)C. The number of aryl methyl sites for hydroxylation is 1. The van der Waals surface area contributed by atoms with Gasteiger partial charge in [-0.2, -0.15) is 0 Å². The Bertz CT molecular complexity index is 341. The molecular formula is C13H23N3. The van der Waals surface area contributed by atoms with E-state index in [0.29, 0.717) is 11.5 Å². The fourth-order valence-electron chi connectivity index (χ4n) is 2.62. The minimum Gasteiger partial charge on any atom is -0.352 e. The summed E-state index contributed by atoms with van der Waals surface area (Å²) in [5, 5.41) is 3.62. The molecule has 0 aliphatic heterocycles. The molecule has 1 saturated carbocycles. The lowest BCUT2D eigenvalue weighted by Gasteiger charge is -2.39. The van der Waals surface area contributed by atoms with Gasteiger partial charge >= 0.3 is 0 Å². The van der Waals surface area contributed by atoms with Crippen molar-refractivity contribution < 1.29 is 0 Å². The predicted molar refractivity (Wildman–Crippen MR) is 67.6 cm³/mol. The first-order valence-corrected chi connectivity index (χ1v) is 6.41. The number of nitrogens with one attached hydrogen (secondary N) is 1. The smallest absolute Gasteiger partial charge is 0.202 e. The van der Waals surface area contributed by atoms with Gasteiger partial charge in [-0.3, -0.25) is 0 Å². The minimum atomic E-state index is 0.392. The maximum Gasteiger partial charge on any atom is 0.202 e. The summed E-state index contributed by atoms with van der Waals surface area (Å²) in [6.45, 7) is 7.86. The van der Waals surface area contributed by atoms with E-state index in [4.69, 9.17) is 0 Å². The number of aromatic nitrogens is 2. The Hall–Kier alpha value is -0.990. The third-order valence-corrected chi connectivity index (χ3v) is 3.87. The molecule has 1 N–H and O–H groups in total. The van der Waals surface area contributed by atoms with E-state index in [2.05, 4.69) is 35.6 Å². The summed E-state index contributed by atoms with van der Waals surface area (Å²) in [4.78, 5) is 4.40. The van der Waals surface area contributed by atoms with Crippen LogP contribution in [0.4, 0.5) is 5.95 Å². The molecule has 1 fully saturated rings. The molecule has 2 rings (SSSR count). The Morgan fingerprint density at radius 1 is 1.50 bits per heavy atom. The number of anilines is 1. The summed E-state index contributed by atoms with van der Waals surface area (Å²) >= 11 is 0. The number of hydrogen-bond acceptors (Lipinski definition) is 2. The largest absolute Gasteiger partial charge is 0.352 e. The maximum absolute atomic E-state index is 4.40. The summed E-state index contributed by atoms with van der Waals surface area (Å²) in [5.74, 6) is 1.03. The van der Waals surface area contributed by atoms with Gasteiger partial charge in [0.15, 0.2) is 0 Å². The Balaban J connectivity index is 2.08. The van der Waals surface area contributed by atoms with Crippen molar-refractivity contribution in [1.29, 1.82) is 0 Å². The van der Waals surface area contributed by atoms with Crippen LogP contribution >= 0.6 is 0 Å². The number of nitrogens with zero attached hydrogens (tertiary/aromatic N) is 2. The van der Waals surface area contributed by atoms with Gasteiger partial charge in [0.1, 0.15) is 0 Å². The van der Waals surface area contributed by atoms with Crippen molar-refractivity contribution in [2.24, 2.45) is 5.41 Å². The van der Waals surface area contributed by atoms with Crippen LogP contribution in [-0.4, -0.2) is 15.6 Å². The van der Waals surface area contributed by atoms with Crippen molar-refractivity contribution in [3.63, 3.8) is 0 Å². The van der Waals surface area contributed by atoms with Crippen LogP contribution in [0, 0.1) is 5.41 Å². The van der Waals surface area contributed by atoms with Crippen LogP contribution in [0.25, 0.3) is 0 Å². The summed E-state index contributed by atoms with van der Waals surface area (Å²) in [5.41, 5.74) is 0.392. The molecule has 3 heteroatoms. The molecule has 0 aromatic carbocycles. The van der Waals surface area contributed by atoms with Gasteiger partial charge in [-0.05, 0) is 25.2 Å². The fourth-order valence-corrected chi connectivity index (χ4v) is 2.62. The van der Waals surface area contributed by atoms with E-state index in [1.807, 2.05) is 12.4 Å². The Kier molecular flexibility index (Phi) is 3.22. The monoisotopic (exact) mass is 221 g/mol. The summed E-state index contributed by atoms with van der Waals surface area (Å²) in [7, 11) is 0. The Morgan fingerprint density at radius 2 is 2.31 bits per heavy atom. The van der Waals surface area contributed by atoms with Crippen molar-refractivity contribution in [3.05, 3.63) is 12.4 Å². The quantitative estimate of drug-likeness (QED) is 0.849. The van der Waals surface area contributed by atoms with Gasteiger partial charge in [-0.1, -0.05) is 26.7 Å². The molecule has 1 heterocycles. The van der Waals surface area contributed by atoms with Crippen LogP contribution in [0.15, 0.2) is 12.4 Å². The van der Waals surface area contributed by atoms with Gasteiger partial charge in [0.2, 0.25) is 5.95 Å². The van der Waals surface area contributed by atoms with E-state index in [-0.39, 0.29) is 0 Å². The molecule has 90 valence electrons. The number of hydrogen-bond donors (Lipinski definition) is 1. The molecule has 1 unspecified atom stereocenters. The topological polar surface area (TPSA) is 29.9 Å². The minimum absolute atomic E-state index is 0.392. The molecule has 0 saturated heterocycles. The number of rotatable bonds is 3. The molecular weight excluding hydrogens is 198 g/mol. The zero-order valence-corrected chi connectivity index (χ0v) is 10.7. The van der Waals surface area contributed by atoms with E-state index < -0.39 is 0 Å². The highest BCUT2D eigenvalue weighted by Gasteiger charge is 2.32. The van der Waals surface area contributed by atoms with Crippen LogP contribution in [0.2, 0.25) is 0 Å². The molecule has 16 heavy (non-hydrogen) atoms. The third kappa shape index (κ3) is 2.23. The zero-order chi connectivity index (χ0) is 11.6. The van der Waals surface area contributed by atoms with E-state index >= 15 is 0 Å². The molecule has 1 aliphatic carbocycles. The standard InChI is InChI=1S/C13H23N3/c1-4-16-10-9-14-12(16)15-11-7-5-6-8-13(11,2)3/h9-11H,4-8H2,1-3H3,(H,14,15). The van der Waals surface area contributed by atoms with Gasteiger partial charge in [0.25, 0.3) is 0 Å². The van der Waals surface area contributed by atoms with Crippen molar-refractivity contribution in [1.82, 2.24) is 9.55 Å². The van der Waals surface area contributed by atoms with Crippen molar-refractivity contribution in [2.75, 3.05) is 5.32 Å². The lowest BCUT2D eigenvalue weighted by Crippen LogP contribution is -2.39. The van der Waals surface area contributed by atoms with Crippen LogP contribution in [-0.2, 0) is 6.54 Å². The first-order chi connectivity index (χ1) is 7.63. The van der Waals surface area contributed by atoms with E-state index in [1.54, 1.807) is 0 Å². The van der Waals surface area contributed by atoms with Crippen LogP contribution < -0.4 is 5.32 Å². The third-order valence-electron chi connectivity index (χ3n) is 3.87. The van der Waals surface area contributed by atoms with Crippen molar-refractivity contribution >= 4 is 5.95 Å². The fraction of sp³-hybridized carbons (Fsp3) is 0.769. The van der Waals surface area contributed by atoms with E-state index in [1.165, 1.54) is 25.7 Å². The second kappa shape index (κ2) is 4.48. The van der Waals surface area contributed by atoms with E-state index in [0.717, 1.165) is 12.5 Å². The highest BCUT2D eigenvalue weighted by Crippen LogP contribution is 2.36. The van der Waals surface area contributed by atoms with Crippen molar-refractivity contribution in [3.8, 4) is 0 Å². The molecule has 1 atom stereocenters. The molecule has 0 bridgehead atoms. The van der Waals surface area contributed by atoms with Gasteiger partial charge in [-0.25, -0.2) is 4.98 Å². The lowest BCUT2D eigenvalue weighted by atomic mass is 9.73. The second-order valence-electron chi connectivity index (χ2n) is 5.47. The molecule has 0 amide bonds. The van der Waals surface area contributed by atoms with Crippen LogP contribution in [0.3, 0.4) is 0 Å². The first-order valence-electron chi connectivity index (χ1n) is 6.41. The van der Waals surface area contributed by atoms with Crippen LogP contribution in [0.1, 0.15) is 46.5 Å². The maximum atomic E-state index is 4.40. The lowest BCUT2D eigenvalue weighted by molar-refractivity contribution is 0.216. The Labute approximate surface area is 98.3 Å². The van der Waals surface area contributed by atoms with Crippen LogP contribution in [0.5, 0.6) is 0 Å². The van der Waals surface area contributed by atoms with Gasteiger partial charge < -0.3 is 9.88 Å². The molecule has 0 radical (unpaired) electrons. The summed E-state index contributed by atoms with van der Waals surface area (Å²) in [6, 6.07) is 0.564. The summed E-state index contributed by atoms with van der Waals surface area (Å²) < 4.78 is 2.17. The van der Waals surface area contributed by atoms with Crippen molar-refractivity contribution in [2.45, 2.75) is 59.0 Å². The highest BCUT2D eigenvalue weighted by molar-refractivity contribution is 5.28. The molecule has 0 spiro atoms. The number of imidazole rings is 1. The van der Waals surface area contributed by atoms with Gasteiger partial charge in [0.05, 0.1) is 0 Å². The highest BCUT2D eigenvalue weighted by atomic mass is 15.2.